The van der Waals surface area contributed by atoms with Crippen molar-refractivity contribution in [2.75, 3.05) is 11.9 Å². The van der Waals surface area contributed by atoms with E-state index in [9.17, 15) is 0 Å². The van der Waals surface area contributed by atoms with Crippen molar-refractivity contribution in [3.05, 3.63) is 57.2 Å². The molecule has 0 bridgehead atoms. The first-order valence-electron chi connectivity index (χ1n) is 6.50. The van der Waals surface area contributed by atoms with Gasteiger partial charge in [-0.15, -0.1) is 0 Å². The minimum Gasteiger partial charge on any atom is -0.493 e. The lowest BCUT2D eigenvalue weighted by Crippen LogP contribution is -2.06. The Morgan fingerprint density at radius 2 is 1.95 bits per heavy atom. The molecule has 1 N–H and O–H groups in total. The topological polar surface area (TPSA) is 21.3 Å². The van der Waals surface area contributed by atoms with Gasteiger partial charge in [0.05, 0.1) is 6.61 Å². The summed E-state index contributed by atoms with van der Waals surface area (Å²) in [6, 6.07) is 15.3. The van der Waals surface area contributed by atoms with Crippen LogP contribution in [0.3, 0.4) is 0 Å². The molecule has 3 heteroatoms. The average molecular weight is 365 g/mol. The van der Waals surface area contributed by atoms with Crippen LogP contribution >= 0.6 is 22.6 Å². The van der Waals surface area contributed by atoms with Crippen LogP contribution in [0.1, 0.15) is 24.1 Å². The maximum absolute atomic E-state index is 5.53. The molecule has 0 aliphatic carbocycles. The molecule has 19 heavy (non-hydrogen) atoms. The number of benzene rings is 2. The number of ether oxygens (including phenoxy) is 1. The lowest BCUT2D eigenvalue weighted by atomic mass is 10.1. The van der Waals surface area contributed by atoms with E-state index in [1.807, 2.05) is 0 Å². The minimum absolute atomic E-state index is 0.303. The largest absolute Gasteiger partial charge is 0.493 e. The first kappa shape index (κ1) is 12.8. The van der Waals surface area contributed by atoms with Crippen molar-refractivity contribution in [3.8, 4) is 5.75 Å². The van der Waals surface area contributed by atoms with Crippen molar-refractivity contribution in [3.63, 3.8) is 0 Å². The van der Waals surface area contributed by atoms with E-state index in [4.69, 9.17) is 4.74 Å². The summed E-state index contributed by atoms with van der Waals surface area (Å²) in [5.74, 6) is 1.03. The Balaban J connectivity index is 1.75. The first-order valence-corrected chi connectivity index (χ1v) is 7.58. The Hall–Kier alpha value is -1.23. The van der Waals surface area contributed by atoms with Crippen LogP contribution in [0.25, 0.3) is 0 Å². The summed E-state index contributed by atoms with van der Waals surface area (Å²) in [5.41, 5.74) is 3.77. The van der Waals surface area contributed by atoms with E-state index < -0.39 is 0 Å². The number of fused-ring (bicyclic) bond motifs is 1. The molecule has 0 spiro atoms. The molecule has 1 aliphatic rings. The molecule has 0 saturated heterocycles. The number of anilines is 1. The van der Waals surface area contributed by atoms with E-state index in [1.54, 1.807) is 0 Å². The minimum atomic E-state index is 0.303. The zero-order valence-electron chi connectivity index (χ0n) is 10.8. The molecule has 98 valence electrons. The Morgan fingerprint density at radius 1 is 1.16 bits per heavy atom. The summed E-state index contributed by atoms with van der Waals surface area (Å²) in [6.07, 6.45) is 1.02. The second-order valence-electron chi connectivity index (χ2n) is 4.84. The molecule has 0 amide bonds. The Labute approximate surface area is 127 Å². The fraction of sp³-hybridized carbons (Fsp3) is 0.250. The zero-order chi connectivity index (χ0) is 13.2. The molecule has 2 aromatic carbocycles. The Kier molecular flexibility index (Phi) is 3.64. The van der Waals surface area contributed by atoms with E-state index in [2.05, 4.69) is 77.3 Å². The molecule has 1 aliphatic heterocycles. The van der Waals surface area contributed by atoms with Crippen LogP contribution in [-0.4, -0.2) is 6.61 Å². The van der Waals surface area contributed by atoms with Crippen LogP contribution in [0.4, 0.5) is 5.69 Å². The normalized spacial score (nSPS) is 14.6. The number of hydrogen-bond donors (Lipinski definition) is 1. The van der Waals surface area contributed by atoms with Gasteiger partial charge in [0.1, 0.15) is 5.75 Å². The van der Waals surface area contributed by atoms with Gasteiger partial charge in [0.15, 0.2) is 0 Å². The molecule has 1 heterocycles. The molecular formula is C16H16INO. The molecular weight excluding hydrogens is 349 g/mol. The van der Waals surface area contributed by atoms with E-state index in [0.29, 0.717) is 6.04 Å². The van der Waals surface area contributed by atoms with E-state index in [-0.39, 0.29) is 0 Å². The fourth-order valence-electron chi connectivity index (χ4n) is 2.36. The molecule has 1 atom stereocenters. The van der Waals surface area contributed by atoms with Gasteiger partial charge in [-0.25, -0.2) is 0 Å². The molecule has 3 rings (SSSR count). The summed E-state index contributed by atoms with van der Waals surface area (Å²) in [5, 5.41) is 3.55. The summed E-state index contributed by atoms with van der Waals surface area (Å²) < 4.78 is 6.79. The van der Waals surface area contributed by atoms with Gasteiger partial charge < -0.3 is 10.1 Å². The van der Waals surface area contributed by atoms with Gasteiger partial charge >= 0.3 is 0 Å². The van der Waals surface area contributed by atoms with Gasteiger partial charge in [0, 0.05) is 21.7 Å². The highest BCUT2D eigenvalue weighted by atomic mass is 127. The van der Waals surface area contributed by atoms with Gasteiger partial charge in [-0.2, -0.15) is 0 Å². The molecule has 2 aromatic rings. The average Bonchev–Trinajstić information content (AvgIpc) is 2.87. The monoisotopic (exact) mass is 365 g/mol. The van der Waals surface area contributed by atoms with Crippen molar-refractivity contribution in [1.29, 1.82) is 0 Å². The SMILES string of the molecule is CC(Nc1ccc2c(c1)CCO2)c1ccc(I)cc1. The highest BCUT2D eigenvalue weighted by Crippen LogP contribution is 2.29. The molecule has 0 radical (unpaired) electrons. The molecule has 0 fully saturated rings. The van der Waals surface area contributed by atoms with Gasteiger partial charge in [-0.3, -0.25) is 0 Å². The van der Waals surface area contributed by atoms with Crippen LogP contribution in [-0.2, 0) is 6.42 Å². The number of nitrogens with one attached hydrogen (secondary N) is 1. The Bertz CT molecular complexity index is 580. The van der Waals surface area contributed by atoms with Crippen molar-refractivity contribution in [1.82, 2.24) is 0 Å². The van der Waals surface area contributed by atoms with E-state index >= 15 is 0 Å². The van der Waals surface area contributed by atoms with E-state index in [0.717, 1.165) is 24.5 Å². The van der Waals surface area contributed by atoms with Crippen molar-refractivity contribution in [2.45, 2.75) is 19.4 Å². The standard InChI is InChI=1S/C16H16INO/c1-11(12-2-4-14(17)5-3-12)18-15-6-7-16-13(10-15)8-9-19-16/h2-7,10-11,18H,8-9H2,1H3. The van der Waals surface area contributed by atoms with Gasteiger partial charge in [0.25, 0.3) is 0 Å². The van der Waals surface area contributed by atoms with Crippen LogP contribution in [0.5, 0.6) is 5.75 Å². The maximum atomic E-state index is 5.53. The van der Waals surface area contributed by atoms with Gasteiger partial charge in [-0.05, 0) is 71.0 Å². The second kappa shape index (κ2) is 5.41. The third-order valence-corrected chi connectivity index (χ3v) is 4.16. The first-order chi connectivity index (χ1) is 9.22. The van der Waals surface area contributed by atoms with E-state index in [1.165, 1.54) is 14.7 Å². The number of halogens is 1. The Morgan fingerprint density at radius 3 is 2.74 bits per heavy atom. The van der Waals surface area contributed by atoms with Crippen molar-refractivity contribution < 1.29 is 4.74 Å². The smallest absolute Gasteiger partial charge is 0.122 e. The van der Waals surface area contributed by atoms with Crippen LogP contribution in [0.2, 0.25) is 0 Å². The second-order valence-corrected chi connectivity index (χ2v) is 6.08. The highest BCUT2D eigenvalue weighted by molar-refractivity contribution is 14.1. The number of rotatable bonds is 3. The predicted octanol–water partition coefficient (Wildman–Crippen LogP) is 4.40. The molecule has 1 unspecified atom stereocenters. The fourth-order valence-corrected chi connectivity index (χ4v) is 2.72. The summed E-state index contributed by atoms with van der Waals surface area (Å²) >= 11 is 2.33. The third kappa shape index (κ3) is 2.86. The molecule has 0 saturated carbocycles. The lowest BCUT2D eigenvalue weighted by Gasteiger charge is -2.16. The maximum Gasteiger partial charge on any atom is 0.122 e. The van der Waals surface area contributed by atoms with Crippen LogP contribution < -0.4 is 10.1 Å². The highest BCUT2D eigenvalue weighted by Gasteiger charge is 2.13. The molecule has 2 nitrogen and oxygen atoms in total. The summed E-state index contributed by atoms with van der Waals surface area (Å²) in [4.78, 5) is 0. The summed E-state index contributed by atoms with van der Waals surface area (Å²) in [7, 11) is 0. The molecule has 0 aromatic heterocycles. The van der Waals surface area contributed by atoms with Gasteiger partial charge in [-0.1, -0.05) is 12.1 Å². The van der Waals surface area contributed by atoms with Crippen molar-refractivity contribution in [2.24, 2.45) is 0 Å². The number of hydrogen-bond acceptors (Lipinski definition) is 2. The van der Waals surface area contributed by atoms with Crippen molar-refractivity contribution >= 4 is 28.3 Å². The third-order valence-electron chi connectivity index (χ3n) is 3.44. The predicted molar refractivity (Wildman–Crippen MR) is 86.8 cm³/mol. The quantitative estimate of drug-likeness (QED) is 0.815. The van der Waals surface area contributed by atoms with Gasteiger partial charge in [0.2, 0.25) is 0 Å². The van der Waals surface area contributed by atoms with Crippen LogP contribution in [0, 0.1) is 3.57 Å². The summed E-state index contributed by atoms with van der Waals surface area (Å²) in [6.45, 7) is 3.00. The zero-order valence-corrected chi connectivity index (χ0v) is 13.0. The van der Waals surface area contributed by atoms with Crippen LogP contribution in [0.15, 0.2) is 42.5 Å². The lowest BCUT2D eigenvalue weighted by molar-refractivity contribution is 0.357.